The first-order chi connectivity index (χ1) is 39.7. The van der Waals surface area contributed by atoms with Crippen molar-refractivity contribution in [1.29, 1.82) is 0 Å². The molecule has 0 bridgehead atoms. The largest absolute Gasteiger partial charge is 0.359 e. The molecule has 8 atom stereocenters. The van der Waals surface area contributed by atoms with Crippen LogP contribution >= 0.6 is 0 Å². The molecule has 0 unspecified atom stereocenters. The van der Waals surface area contributed by atoms with Crippen molar-refractivity contribution >= 4 is 70.1 Å². The third-order valence-electron chi connectivity index (χ3n) is 16.3. The van der Waals surface area contributed by atoms with Gasteiger partial charge >= 0.3 is 0 Å². The van der Waals surface area contributed by atoms with E-state index in [4.69, 9.17) is 0 Å². The van der Waals surface area contributed by atoms with Crippen LogP contribution in [-0.4, -0.2) is 120 Å². The topological polar surface area (TPSA) is 249 Å². The van der Waals surface area contributed by atoms with E-state index in [-0.39, 0.29) is 71.4 Å². The van der Waals surface area contributed by atoms with E-state index in [0.29, 0.717) is 31.5 Å². The third-order valence-corrected chi connectivity index (χ3v) is 16.3. The Hall–Kier alpha value is -7.64. The molecule has 20 nitrogen and oxygen atoms in total. The average Bonchev–Trinajstić information content (AvgIpc) is 1.32. The Morgan fingerprint density at radius 3 is 1.19 bits per heavy atom. The number of rotatable bonds is 4. The molecule has 4 aromatic heterocycles. The Balaban J connectivity index is 0.000000537. The van der Waals surface area contributed by atoms with Crippen LogP contribution in [-0.2, 0) is 64.0 Å². The smallest absolute Gasteiger partial charge is 0.228 e. The summed E-state index contributed by atoms with van der Waals surface area (Å²) in [6.07, 6.45) is 12.5. The van der Waals surface area contributed by atoms with Crippen LogP contribution in [0.25, 0.3) is 0 Å². The lowest BCUT2D eigenvalue weighted by molar-refractivity contribution is -0.132. The van der Waals surface area contributed by atoms with Gasteiger partial charge in [-0.3, -0.25) is 58.2 Å². The number of amides is 8. The Bertz CT molecular complexity index is 2500. The van der Waals surface area contributed by atoms with E-state index in [1.807, 2.05) is 147 Å². The van der Waals surface area contributed by atoms with Crippen molar-refractivity contribution < 1.29 is 38.4 Å². The van der Waals surface area contributed by atoms with Gasteiger partial charge in [0.15, 0.2) is 0 Å². The van der Waals surface area contributed by atoms with Crippen molar-refractivity contribution in [3.63, 3.8) is 0 Å². The third kappa shape index (κ3) is 15.6. The average molecular weight is 1170 g/mol. The lowest BCUT2D eigenvalue weighted by Crippen LogP contribution is -2.57. The molecule has 0 spiro atoms. The molecule has 8 rings (SSSR count). The second-order valence-corrected chi connectivity index (χ2v) is 20.9. The predicted octanol–water partition coefficient (Wildman–Crippen LogP) is 8.63. The molecule has 464 valence electrons. The fraction of sp³-hybridized carbons (Fsp3) is 0.562. The zero-order valence-electron chi connectivity index (χ0n) is 54.9. The Morgan fingerprint density at radius 1 is 0.405 bits per heavy atom. The number of pyridine rings is 4. The molecule has 0 saturated carbocycles. The minimum Gasteiger partial charge on any atom is -0.359 e. The minimum atomic E-state index is -0.665. The molecule has 4 aromatic rings. The number of anilines is 4. The summed E-state index contributed by atoms with van der Waals surface area (Å²) in [7, 11) is 6.49. The summed E-state index contributed by atoms with van der Waals surface area (Å²) in [6, 6.07) is 10.3. The highest BCUT2D eigenvalue weighted by Gasteiger charge is 2.51. The first kappa shape index (κ1) is 74.4. The van der Waals surface area contributed by atoms with Crippen molar-refractivity contribution in [1.82, 2.24) is 41.2 Å². The SMILES string of the molecule is CC.CC.CC.CC.CNC(=O)[C@@]1(C)Cc2cccnc2N(C(C)=O)[C@H]1C.CNC(=O)[C@@]1(C)Cc2ccncc2N(C(C)=O)[C@H]1C.CNC(=O)[C@@]1(C)Cc2cnccc2N(C(C)=O)[C@H]1C.CNC(=O)[C@@]1(C)Cc2ncccc2N(C(C)=O)[C@H]1C. The van der Waals surface area contributed by atoms with Crippen molar-refractivity contribution in [2.75, 3.05) is 47.8 Å². The van der Waals surface area contributed by atoms with Gasteiger partial charge in [-0.2, -0.15) is 0 Å². The van der Waals surface area contributed by atoms with Crippen LogP contribution in [0.4, 0.5) is 22.9 Å². The van der Waals surface area contributed by atoms with Gasteiger partial charge in [0.1, 0.15) is 5.82 Å². The Labute approximate surface area is 501 Å². The van der Waals surface area contributed by atoms with Crippen LogP contribution in [0, 0.1) is 21.7 Å². The first-order valence-corrected chi connectivity index (χ1v) is 29.5. The molecule has 20 heteroatoms. The summed E-state index contributed by atoms with van der Waals surface area (Å²) in [5.41, 5.74) is 3.54. The number of hydrogen-bond donors (Lipinski definition) is 4. The van der Waals surface area contributed by atoms with Gasteiger partial charge in [-0.1, -0.05) is 61.5 Å². The number of aromatic nitrogens is 4. The molecule has 0 radical (unpaired) electrons. The van der Waals surface area contributed by atoms with Crippen LogP contribution in [0.3, 0.4) is 0 Å². The highest BCUT2D eigenvalue weighted by molar-refractivity contribution is 5.99. The Morgan fingerprint density at radius 2 is 0.750 bits per heavy atom. The molecule has 0 aromatic carbocycles. The fourth-order valence-corrected chi connectivity index (χ4v) is 11.2. The summed E-state index contributed by atoms with van der Waals surface area (Å²) in [6.45, 7) is 37.3. The number of hydrogen-bond acceptors (Lipinski definition) is 12. The van der Waals surface area contributed by atoms with Crippen molar-refractivity contribution in [2.24, 2.45) is 21.7 Å². The maximum absolute atomic E-state index is 12.2. The summed E-state index contributed by atoms with van der Waals surface area (Å²) in [5, 5.41) is 10.8. The molecule has 4 aliphatic rings. The van der Waals surface area contributed by atoms with E-state index in [1.165, 1.54) is 27.7 Å². The molecule has 0 fully saturated rings. The van der Waals surface area contributed by atoms with E-state index in [1.54, 1.807) is 85.0 Å². The standard InChI is InChI=1S/4C14H19N3O2.4C2H6/c1-9-14(3,13(19)15-4)7-11-8-16-6-5-12(11)17(9)10(2)18;1-9-14(3,13(19)15-4)7-11-5-6-16-8-12(11)17(9)10(2)18;1-9-14(3,13(19)15-4)8-11-12(6-5-7-16-11)17(9)10(2)18;1-9-14(3,13(19)15-4)8-11-6-5-7-16-12(11)17(9)10(2)18;4*1-2/h2*5-6,8-9H,7H2,1-4H3,(H,15,19);2*5-7,9H,8H2,1-4H3,(H,15,19);4*1-2H3/t4*9-,14-;;;;/m0000..../s1. The van der Waals surface area contributed by atoms with Crippen LogP contribution in [0.2, 0.25) is 0 Å². The molecular weight excluding hydrogens is 1060 g/mol. The van der Waals surface area contributed by atoms with Crippen LogP contribution in [0.15, 0.2) is 73.6 Å². The van der Waals surface area contributed by atoms with Crippen LogP contribution in [0.1, 0.15) is 161 Å². The molecule has 8 heterocycles. The predicted molar refractivity (Wildman–Crippen MR) is 336 cm³/mol. The summed E-state index contributed by atoms with van der Waals surface area (Å²) >= 11 is 0. The van der Waals surface area contributed by atoms with E-state index >= 15 is 0 Å². The first-order valence-electron chi connectivity index (χ1n) is 29.5. The molecular formula is C64H100N12O8. The van der Waals surface area contributed by atoms with Gasteiger partial charge < -0.3 is 36.0 Å². The molecule has 4 aliphatic heterocycles. The van der Waals surface area contributed by atoms with Gasteiger partial charge in [0.25, 0.3) is 0 Å². The normalized spacial score (nSPS) is 23.5. The number of carbonyl (C=O) groups excluding carboxylic acids is 8. The van der Waals surface area contributed by atoms with Crippen LogP contribution in [0.5, 0.6) is 0 Å². The molecule has 8 amide bonds. The Kier molecular flexibility index (Phi) is 29.2. The molecule has 84 heavy (non-hydrogen) atoms. The van der Waals surface area contributed by atoms with Gasteiger partial charge in [0, 0.05) is 111 Å². The maximum Gasteiger partial charge on any atom is 0.228 e. The van der Waals surface area contributed by atoms with Gasteiger partial charge in [-0.25, -0.2) is 4.98 Å². The number of nitrogens with zero attached hydrogens (tertiary/aromatic N) is 8. The molecule has 4 N–H and O–H groups in total. The second-order valence-electron chi connectivity index (χ2n) is 20.9. The van der Waals surface area contributed by atoms with Crippen molar-refractivity contribution in [3.05, 3.63) is 96.0 Å². The van der Waals surface area contributed by atoms with Crippen molar-refractivity contribution in [3.8, 4) is 0 Å². The lowest BCUT2D eigenvalue weighted by Gasteiger charge is -2.45. The van der Waals surface area contributed by atoms with E-state index in [2.05, 4.69) is 41.2 Å². The summed E-state index contributed by atoms with van der Waals surface area (Å²) in [4.78, 5) is 120. The van der Waals surface area contributed by atoms with Gasteiger partial charge in [0.05, 0.1) is 56.7 Å². The molecule has 0 aliphatic carbocycles. The molecule has 0 saturated heterocycles. The van der Waals surface area contributed by atoms with E-state index in [0.717, 1.165) is 39.4 Å². The number of carbonyl (C=O) groups is 8. The van der Waals surface area contributed by atoms with Gasteiger partial charge in [-0.15, -0.1) is 0 Å². The zero-order valence-corrected chi connectivity index (χ0v) is 54.9. The van der Waals surface area contributed by atoms with Gasteiger partial charge in [0.2, 0.25) is 47.3 Å². The van der Waals surface area contributed by atoms with Crippen molar-refractivity contribution in [2.45, 2.75) is 188 Å². The van der Waals surface area contributed by atoms with Crippen LogP contribution < -0.4 is 40.9 Å². The number of nitrogens with one attached hydrogen (secondary N) is 4. The highest BCUT2D eigenvalue weighted by atomic mass is 16.2. The lowest BCUT2D eigenvalue weighted by atomic mass is 9.73. The maximum atomic E-state index is 12.2. The summed E-state index contributed by atoms with van der Waals surface area (Å²) < 4.78 is 0. The summed E-state index contributed by atoms with van der Waals surface area (Å²) in [5.74, 6) is 0.145. The second kappa shape index (κ2) is 33.0. The fourth-order valence-electron chi connectivity index (χ4n) is 11.2. The monoisotopic (exact) mass is 1160 g/mol. The quantitative estimate of drug-likeness (QED) is 0.150. The zero-order chi connectivity index (χ0) is 64.8. The highest BCUT2D eigenvalue weighted by Crippen LogP contribution is 2.44. The van der Waals surface area contributed by atoms with E-state index in [9.17, 15) is 38.4 Å². The number of fused-ring (bicyclic) bond motifs is 4. The van der Waals surface area contributed by atoms with E-state index < -0.39 is 21.7 Å². The van der Waals surface area contributed by atoms with Gasteiger partial charge in [-0.05, 0) is 122 Å². The minimum absolute atomic E-state index is 0.0475.